The molecule has 5 aliphatic rings. The van der Waals surface area contributed by atoms with Crippen LogP contribution in [0.2, 0.25) is 0 Å². The first-order valence-electron chi connectivity index (χ1n) is 46.9. The van der Waals surface area contributed by atoms with Crippen molar-refractivity contribution in [2.24, 2.45) is 35.3 Å². The maximum absolute atomic E-state index is 14.9. The molecule has 2 aromatic carbocycles. The van der Waals surface area contributed by atoms with Crippen LogP contribution in [0.1, 0.15) is 150 Å². The van der Waals surface area contributed by atoms with E-state index in [-0.39, 0.29) is 86.3 Å². The van der Waals surface area contributed by atoms with E-state index in [1.165, 1.54) is 13.4 Å². The quantitative estimate of drug-likeness (QED) is 0.00970. The maximum Gasteiger partial charge on any atom is 0.329 e. The standard InChI is InChI=1S/C96H132N20O18/c1-60-18-11-10-12-19-61(2)80(125-7)52-72-26-23-65(6)96(124,134-72)89(121)92(122)114-31-15-13-22-76(114)93(123)132-81(53-78(117)62(3)47-64(5)87(120)88(127-9)86(119)63(4)46-60)73(97)48-66-24-27-75(82(49-66)126-8)116-77(56-105-109-116)68-21-17-20-67(50-68)70-54-101-95(102-55-70)112-35-33-111(34-36-112)57-71-58-113(110-107-71)37-39-129-41-43-131-45-44-130-42-40-128-38-29-83(118)100-30-14-16-32-115-91-84(90(98)103-59-104-91)85(108-115)69-25-28-79-74(51-69)106-94(99)133-79/h10-12,17-21,25,28,47,50-51,54-56,58-60,62-63,65-66,72-73,75-76,80-82,87-88,120,124H,13-16,22-24,26-27,29-46,48-49,52-53,57,97H2,1-9H3,(H2,99,106)(H,100,118)(H2,98,103,104)/b12-10?,18-11+,61-19?,64-47+/t60-,62-,63-,65-,66+,72+,73-,75+,76+,80+,81+,82-,87-,88+,96-/m1/s1. The molecule has 13 rings (SSSR count). The number of ether oxygens (including phenoxy) is 9. The summed E-state index contributed by atoms with van der Waals surface area (Å²) in [5.41, 5.74) is 27.9. The highest BCUT2D eigenvalue weighted by Crippen LogP contribution is 2.42. The first-order chi connectivity index (χ1) is 64.8. The fraction of sp³-hybridized carbons (Fsp3) is 0.583. The number of ketones is 3. The van der Waals surface area contributed by atoms with Gasteiger partial charge in [0.1, 0.15) is 53.5 Å². The number of aliphatic hydroxyl groups is 2. The van der Waals surface area contributed by atoms with Crippen LogP contribution in [0.4, 0.5) is 17.8 Å². The van der Waals surface area contributed by atoms with Crippen LogP contribution in [0.15, 0.2) is 126 Å². The van der Waals surface area contributed by atoms with E-state index in [1.54, 1.807) is 69.6 Å². The second kappa shape index (κ2) is 48.5. The van der Waals surface area contributed by atoms with Gasteiger partial charge in [-0.25, -0.2) is 38.8 Å². The van der Waals surface area contributed by atoms with Gasteiger partial charge in [0.25, 0.3) is 17.7 Å². The number of fused-ring (bicyclic) bond motifs is 5. The number of anilines is 3. The van der Waals surface area contributed by atoms with Crippen molar-refractivity contribution in [3.05, 3.63) is 127 Å². The van der Waals surface area contributed by atoms with Gasteiger partial charge in [-0.3, -0.25) is 28.9 Å². The van der Waals surface area contributed by atoms with E-state index in [0.717, 1.165) is 83.1 Å². The lowest BCUT2D eigenvalue weighted by Crippen LogP contribution is -2.61. The Hall–Kier alpha value is -10.9. The number of nitrogens with one attached hydrogen (secondary N) is 1. The van der Waals surface area contributed by atoms with Gasteiger partial charge in [-0.2, -0.15) is 10.1 Å². The number of nitrogens with two attached hydrogens (primary N) is 3. The van der Waals surface area contributed by atoms with E-state index in [1.807, 2.05) is 97.8 Å². The summed E-state index contributed by atoms with van der Waals surface area (Å²) in [5.74, 6) is -7.63. The number of benzene rings is 2. The Bertz CT molecular complexity index is 5360. The number of hydrogen-bond acceptors (Lipinski definition) is 33. The number of aliphatic hydroxyl groups excluding tert-OH is 1. The minimum absolute atomic E-state index is 0.0212. The summed E-state index contributed by atoms with van der Waals surface area (Å²) < 4.78 is 64.2. The summed E-state index contributed by atoms with van der Waals surface area (Å²) in [4.78, 5) is 114. The van der Waals surface area contributed by atoms with Crippen LogP contribution in [0.5, 0.6) is 0 Å². The first-order valence-corrected chi connectivity index (χ1v) is 46.9. The number of aromatic nitrogens is 13. The van der Waals surface area contributed by atoms with Crippen LogP contribution in [0, 0.1) is 29.6 Å². The minimum atomic E-state index is -2.50. The molecule has 38 nitrogen and oxygen atoms in total. The molecule has 3 saturated heterocycles. The van der Waals surface area contributed by atoms with Crippen LogP contribution in [0.25, 0.3) is 55.8 Å². The lowest BCUT2D eigenvalue weighted by Gasteiger charge is -2.42. The van der Waals surface area contributed by atoms with Gasteiger partial charge >= 0.3 is 5.97 Å². The molecule has 0 radical (unpaired) electrons. The molecule has 10 heterocycles. The number of oxazole rings is 1. The van der Waals surface area contributed by atoms with Gasteiger partial charge in [0.2, 0.25) is 17.6 Å². The molecule has 4 aliphatic heterocycles. The van der Waals surface area contributed by atoms with Crippen molar-refractivity contribution in [2.75, 3.05) is 130 Å². The molecular formula is C96H132N20O18. The van der Waals surface area contributed by atoms with E-state index in [9.17, 15) is 39.0 Å². The number of allylic oxidation sites excluding steroid dienone is 6. The van der Waals surface area contributed by atoms with Gasteiger partial charge < -0.3 is 89.6 Å². The summed E-state index contributed by atoms with van der Waals surface area (Å²) in [6.45, 7) is 19.1. The molecule has 724 valence electrons. The molecule has 4 fully saturated rings. The van der Waals surface area contributed by atoms with Crippen LogP contribution in [0.3, 0.4) is 0 Å². The summed E-state index contributed by atoms with van der Waals surface area (Å²) in [6.07, 6.45) is 20.8. The molecule has 1 saturated carbocycles. The van der Waals surface area contributed by atoms with Crippen molar-refractivity contribution >= 4 is 75.0 Å². The number of esters is 1. The summed E-state index contributed by atoms with van der Waals surface area (Å²) in [7, 11) is 4.60. The smallest absolute Gasteiger partial charge is 0.329 e. The van der Waals surface area contributed by atoms with Crippen molar-refractivity contribution in [1.29, 1.82) is 0 Å². The largest absolute Gasteiger partial charge is 0.459 e. The molecule has 9 N–H and O–H groups in total. The van der Waals surface area contributed by atoms with Crippen LogP contribution in [-0.4, -0.2) is 288 Å². The van der Waals surface area contributed by atoms with E-state index < -0.39 is 83.8 Å². The zero-order chi connectivity index (χ0) is 95.0. The summed E-state index contributed by atoms with van der Waals surface area (Å²) in [6, 6.07) is 11.2. The normalized spacial score (nSPS) is 25.9. The van der Waals surface area contributed by atoms with Crippen LogP contribution >= 0.6 is 0 Å². The molecule has 0 unspecified atom stereocenters. The number of carbonyl (C=O) groups is 6. The fourth-order valence-corrected chi connectivity index (χ4v) is 18.5. The predicted molar refractivity (Wildman–Crippen MR) is 498 cm³/mol. The van der Waals surface area contributed by atoms with Gasteiger partial charge in [0.15, 0.2) is 17.0 Å². The Balaban J connectivity index is 0.531. The number of nitrogen functional groups attached to an aromatic ring is 2. The maximum atomic E-state index is 14.9. The van der Waals surface area contributed by atoms with Gasteiger partial charge in [-0.05, 0) is 144 Å². The molecule has 2 bridgehead atoms. The van der Waals surface area contributed by atoms with Gasteiger partial charge in [-0.1, -0.05) is 92.8 Å². The highest BCUT2D eigenvalue weighted by atomic mass is 16.6. The topological polar surface area (TPSA) is 483 Å². The molecule has 134 heavy (non-hydrogen) atoms. The molecular weight excluding hydrogens is 1720 g/mol. The van der Waals surface area contributed by atoms with Crippen molar-refractivity contribution in [3.63, 3.8) is 0 Å². The van der Waals surface area contributed by atoms with Crippen molar-refractivity contribution < 1.29 is 86.0 Å². The number of cyclic esters (lactones) is 1. The second-order valence-electron chi connectivity index (χ2n) is 36.0. The van der Waals surface area contributed by atoms with Crippen LogP contribution in [-0.2, 0) is 91.0 Å². The number of amides is 2. The number of nitrogens with zero attached hydrogens (tertiary/aromatic N) is 16. The van der Waals surface area contributed by atoms with Crippen molar-refractivity contribution in [3.8, 4) is 33.6 Å². The van der Waals surface area contributed by atoms with E-state index >= 15 is 0 Å². The molecule has 15 atom stereocenters. The Morgan fingerprint density at radius 2 is 1.49 bits per heavy atom. The summed E-state index contributed by atoms with van der Waals surface area (Å²) in [5, 5.41) is 50.2. The number of unbranched alkanes of at least 4 members (excludes halogenated alkanes) is 1. The molecule has 38 heteroatoms. The van der Waals surface area contributed by atoms with Crippen LogP contribution < -0.4 is 27.4 Å². The number of hydrogen-bond donors (Lipinski definition) is 6. The average Bonchev–Trinajstić information content (AvgIpc) is 1.57. The second-order valence-corrected chi connectivity index (χ2v) is 36.0. The Kier molecular flexibility index (Phi) is 36.4. The van der Waals surface area contributed by atoms with Crippen molar-refractivity contribution in [1.82, 2.24) is 79.8 Å². The number of Topliss-reactive ketones (excluding diaryl/α,β-unsaturated/α-hetero) is 3. The highest BCUT2D eigenvalue weighted by Gasteiger charge is 2.53. The van der Waals surface area contributed by atoms with Gasteiger partial charge in [-0.15, -0.1) is 10.2 Å². The minimum Gasteiger partial charge on any atom is -0.459 e. The average molecular weight is 1850 g/mol. The number of piperazine rings is 1. The Morgan fingerprint density at radius 3 is 2.25 bits per heavy atom. The van der Waals surface area contributed by atoms with Crippen molar-refractivity contribution in [2.45, 2.75) is 218 Å². The zero-order valence-electron chi connectivity index (χ0n) is 78.4. The predicted octanol–water partition coefficient (Wildman–Crippen LogP) is 8.55. The van der Waals surface area contributed by atoms with Gasteiger partial charge in [0, 0.05) is 152 Å². The monoisotopic (exact) mass is 1850 g/mol. The molecule has 0 spiro atoms. The number of rotatable bonds is 33. The highest BCUT2D eigenvalue weighted by molar-refractivity contribution is 6.39. The van der Waals surface area contributed by atoms with E-state index in [0.29, 0.717) is 175 Å². The Labute approximate surface area is 780 Å². The fourth-order valence-electron chi connectivity index (χ4n) is 18.5. The molecule has 1 aliphatic carbocycles. The van der Waals surface area contributed by atoms with Gasteiger partial charge in [0.05, 0.1) is 107 Å². The third-order valence-electron chi connectivity index (χ3n) is 26.3. The Morgan fingerprint density at radius 1 is 0.739 bits per heavy atom. The molecule has 2 amide bonds. The first kappa shape index (κ1) is 101. The lowest BCUT2D eigenvalue weighted by atomic mass is 9.79. The number of methoxy groups -OCH3 is 3. The third kappa shape index (κ3) is 26.2. The SMILES string of the molecule is CO[C@H]1C[C@@H]2CC[C@@H](C)[C@@](O)(O2)C(=O)C(=O)N2CCCC[C@H]2C(=O)O[C@H]([C@H](N)C[C@@H]2CC[C@H](n3nncc3-c3cccc(-c4cnc(N5CCN(Cc6cn(CCOCCOCCOCCOCCC(=O)NCCCCn7nc(-c8ccc9oc(N)nc9c8)c8c(N)ncnc87)nn6)CC5)nc4)c3)[C@H](OC)C2)CC(=O)[C@H](C)/C=C(\C)[C@@H](O)[C@@H](OC)C(=O)[C@H](C)C[C@H](C)/C=C/C=CC=C1C. The van der Waals surface area contributed by atoms with E-state index in [4.69, 9.17) is 79.3 Å². The number of aryl methyl sites for hydroxylation is 1. The van der Waals surface area contributed by atoms with E-state index in [2.05, 4.69) is 56.8 Å². The third-order valence-corrected chi connectivity index (χ3v) is 26.3. The lowest BCUT2D eigenvalue weighted by molar-refractivity contribution is -0.265. The zero-order valence-corrected chi connectivity index (χ0v) is 78.4. The molecule has 6 aromatic heterocycles. The molecule has 8 aromatic rings. The summed E-state index contributed by atoms with van der Waals surface area (Å²) >= 11 is 0. The number of carbonyl (C=O) groups excluding carboxylic acids is 6. The number of piperidine rings is 1.